The second-order valence-electron chi connectivity index (χ2n) is 5.40. The van der Waals surface area contributed by atoms with Crippen molar-refractivity contribution >= 4 is 21.9 Å². The zero-order valence-corrected chi connectivity index (χ0v) is 13.8. The Hall–Kier alpha value is -2.37. The molecule has 7 nitrogen and oxygen atoms in total. The van der Waals surface area contributed by atoms with Gasteiger partial charge in [0.05, 0.1) is 11.4 Å². The second kappa shape index (κ2) is 7.47. The molecule has 24 heavy (non-hydrogen) atoms. The number of likely N-dealkylation sites (tertiary alicyclic amines) is 1. The highest BCUT2D eigenvalue weighted by molar-refractivity contribution is 7.89. The Labute approximate surface area is 140 Å². The molecule has 1 amide bonds. The number of carboxylic acid groups (broad SMARTS) is 1. The van der Waals surface area contributed by atoms with Gasteiger partial charge in [0.1, 0.15) is 6.04 Å². The molecular weight excluding hydrogens is 332 g/mol. The quantitative estimate of drug-likeness (QED) is 0.760. The molecule has 1 aromatic carbocycles. The molecule has 0 spiro atoms. The standard InChI is InChI=1S/C16H18N2O5S/c1-2-10-17-24(22,23)13-8-6-12(7-9-13)15(19)18-11-4-3-5-14(18)16(20)21/h1,6-9,14,17H,3-5,10-11H2,(H,20,21)/t14-/m1/s1. The summed E-state index contributed by atoms with van der Waals surface area (Å²) in [4.78, 5) is 25.1. The number of carbonyl (C=O) groups excluding carboxylic acids is 1. The van der Waals surface area contributed by atoms with Gasteiger partial charge in [-0.1, -0.05) is 5.92 Å². The lowest BCUT2D eigenvalue weighted by Crippen LogP contribution is -2.47. The first-order valence-electron chi connectivity index (χ1n) is 7.44. The number of hydrogen-bond donors (Lipinski definition) is 2. The number of nitrogens with one attached hydrogen (secondary N) is 1. The summed E-state index contributed by atoms with van der Waals surface area (Å²) in [5.74, 6) is 0.734. The number of carbonyl (C=O) groups is 2. The molecule has 128 valence electrons. The van der Waals surface area contributed by atoms with E-state index < -0.39 is 27.9 Å². The third-order valence-corrected chi connectivity index (χ3v) is 5.24. The van der Waals surface area contributed by atoms with Crippen molar-refractivity contribution in [3.8, 4) is 12.3 Å². The number of terminal acetylenes is 1. The number of hydrogen-bond acceptors (Lipinski definition) is 4. The van der Waals surface area contributed by atoms with Gasteiger partial charge < -0.3 is 10.0 Å². The predicted molar refractivity (Wildman–Crippen MR) is 86.8 cm³/mol. The van der Waals surface area contributed by atoms with E-state index in [9.17, 15) is 23.1 Å². The molecule has 1 aliphatic heterocycles. The van der Waals surface area contributed by atoms with Crippen LogP contribution in [0.5, 0.6) is 0 Å². The Kier molecular flexibility index (Phi) is 5.59. The number of nitrogens with zero attached hydrogens (tertiary/aromatic N) is 1. The fourth-order valence-corrected chi connectivity index (χ4v) is 3.53. The van der Waals surface area contributed by atoms with E-state index >= 15 is 0 Å². The van der Waals surface area contributed by atoms with Crippen LogP contribution < -0.4 is 4.72 Å². The molecule has 0 bridgehead atoms. The average molecular weight is 350 g/mol. The molecule has 2 N–H and O–H groups in total. The van der Waals surface area contributed by atoms with E-state index in [4.69, 9.17) is 6.42 Å². The molecule has 0 radical (unpaired) electrons. The summed E-state index contributed by atoms with van der Waals surface area (Å²) in [6.07, 6.45) is 6.95. The fourth-order valence-electron chi connectivity index (χ4n) is 2.59. The van der Waals surface area contributed by atoms with Gasteiger partial charge >= 0.3 is 5.97 Å². The number of piperidine rings is 1. The summed E-state index contributed by atoms with van der Waals surface area (Å²) < 4.78 is 26.1. The van der Waals surface area contributed by atoms with Crippen LogP contribution in [0.25, 0.3) is 0 Å². The van der Waals surface area contributed by atoms with E-state index in [1.165, 1.54) is 29.2 Å². The molecular formula is C16H18N2O5S. The molecule has 1 saturated heterocycles. The molecule has 2 rings (SSSR count). The van der Waals surface area contributed by atoms with Crippen molar-refractivity contribution in [2.45, 2.75) is 30.2 Å². The molecule has 1 fully saturated rings. The normalized spacial score (nSPS) is 18.0. The molecule has 8 heteroatoms. The Morgan fingerprint density at radius 2 is 1.96 bits per heavy atom. The van der Waals surface area contributed by atoms with E-state index in [2.05, 4.69) is 10.6 Å². The molecule has 1 aromatic rings. The molecule has 1 aliphatic rings. The van der Waals surface area contributed by atoms with E-state index in [0.717, 1.165) is 12.8 Å². The Balaban J connectivity index is 2.19. The minimum Gasteiger partial charge on any atom is -0.480 e. The summed E-state index contributed by atoms with van der Waals surface area (Å²) in [6, 6.07) is 4.50. The predicted octanol–water partition coefficient (Wildman–Crippen LogP) is 0.677. The van der Waals surface area contributed by atoms with Crippen LogP contribution >= 0.6 is 0 Å². The third kappa shape index (κ3) is 3.93. The van der Waals surface area contributed by atoms with Gasteiger partial charge in [0.2, 0.25) is 10.0 Å². The van der Waals surface area contributed by atoms with Crippen LogP contribution in [-0.4, -0.2) is 49.4 Å². The summed E-state index contributed by atoms with van der Waals surface area (Å²) >= 11 is 0. The SMILES string of the molecule is C#CCNS(=O)(=O)c1ccc(C(=O)N2CCCC[C@@H]2C(=O)O)cc1. The van der Waals surface area contributed by atoms with Crippen LogP contribution in [0.2, 0.25) is 0 Å². The van der Waals surface area contributed by atoms with Gasteiger partial charge in [-0.3, -0.25) is 4.79 Å². The average Bonchev–Trinajstić information content (AvgIpc) is 2.59. The number of benzene rings is 1. The molecule has 1 atom stereocenters. The maximum absolute atomic E-state index is 12.5. The zero-order valence-electron chi connectivity index (χ0n) is 12.9. The van der Waals surface area contributed by atoms with Gasteiger partial charge in [-0.15, -0.1) is 6.42 Å². The maximum Gasteiger partial charge on any atom is 0.326 e. The Morgan fingerprint density at radius 1 is 1.29 bits per heavy atom. The molecule has 1 heterocycles. The molecule has 0 saturated carbocycles. The van der Waals surface area contributed by atoms with Crippen molar-refractivity contribution in [3.05, 3.63) is 29.8 Å². The number of sulfonamides is 1. The maximum atomic E-state index is 12.5. The van der Waals surface area contributed by atoms with Crippen LogP contribution in [0, 0.1) is 12.3 Å². The molecule has 0 unspecified atom stereocenters. The number of carboxylic acids is 1. The van der Waals surface area contributed by atoms with Crippen molar-refractivity contribution in [3.63, 3.8) is 0 Å². The lowest BCUT2D eigenvalue weighted by Gasteiger charge is -2.33. The highest BCUT2D eigenvalue weighted by atomic mass is 32.2. The third-order valence-electron chi connectivity index (χ3n) is 3.82. The summed E-state index contributed by atoms with van der Waals surface area (Å²) in [6.45, 7) is 0.247. The van der Waals surface area contributed by atoms with Gasteiger partial charge in [0, 0.05) is 12.1 Å². The Bertz CT molecular complexity index is 765. The lowest BCUT2D eigenvalue weighted by molar-refractivity contribution is -0.143. The monoisotopic (exact) mass is 350 g/mol. The van der Waals surface area contributed by atoms with Gasteiger partial charge in [-0.2, -0.15) is 4.72 Å². The van der Waals surface area contributed by atoms with E-state index in [1.54, 1.807) is 0 Å². The second-order valence-corrected chi connectivity index (χ2v) is 7.17. The first-order chi connectivity index (χ1) is 11.4. The van der Waals surface area contributed by atoms with Gasteiger partial charge in [0.15, 0.2) is 0 Å². The fraction of sp³-hybridized carbons (Fsp3) is 0.375. The highest BCUT2D eigenvalue weighted by Crippen LogP contribution is 2.20. The lowest BCUT2D eigenvalue weighted by atomic mass is 10.0. The largest absolute Gasteiger partial charge is 0.480 e. The van der Waals surface area contributed by atoms with E-state index in [1.807, 2.05) is 0 Å². The molecule has 0 aromatic heterocycles. The summed E-state index contributed by atoms with van der Waals surface area (Å²) in [7, 11) is -3.73. The van der Waals surface area contributed by atoms with Gasteiger partial charge in [-0.25, -0.2) is 13.2 Å². The molecule has 0 aliphatic carbocycles. The van der Waals surface area contributed by atoms with Crippen molar-refractivity contribution in [1.29, 1.82) is 0 Å². The van der Waals surface area contributed by atoms with Gasteiger partial charge in [0.25, 0.3) is 5.91 Å². The van der Waals surface area contributed by atoms with Crippen LogP contribution in [0.4, 0.5) is 0 Å². The van der Waals surface area contributed by atoms with Crippen molar-refractivity contribution in [1.82, 2.24) is 9.62 Å². The van der Waals surface area contributed by atoms with Crippen LogP contribution in [0.1, 0.15) is 29.6 Å². The van der Waals surface area contributed by atoms with Crippen molar-refractivity contribution < 1.29 is 23.1 Å². The smallest absolute Gasteiger partial charge is 0.326 e. The summed E-state index contributed by atoms with van der Waals surface area (Å²) in [5, 5.41) is 9.24. The van der Waals surface area contributed by atoms with E-state index in [0.29, 0.717) is 13.0 Å². The summed E-state index contributed by atoms with van der Waals surface area (Å²) in [5.41, 5.74) is 0.249. The van der Waals surface area contributed by atoms with Crippen molar-refractivity contribution in [2.24, 2.45) is 0 Å². The Morgan fingerprint density at radius 3 is 2.54 bits per heavy atom. The van der Waals surface area contributed by atoms with Crippen LogP contribution in [0.3, 0.4) is 0 Å². The number of rotatable bonds is 5. The first kappa shape index (κ1) is 18.0. The van der Waals surface area contributed by atoms with Crippen molar-refractivity contribution in [2.75, 3.05) is 13.1 Å². The number of amides is 1. The first-order valence-corrected chi connectivity index (χ1v) is 8.92. The van der Waals surface area contributed by atoms with Crippen LogP contribution in [0.15, 0.2) is 29.2 Å². The highest BCUT2D eigenvalue weighted by Gasteiger charge is 2.32. The minimum absolute atomic E-state index is 0.0114. The van der Waals surface area contributed by atoms with E-state index in [-0.39, 0.29) is 17.0 Å². The zero-order chi connectivity index (χ0) is 17.7. The minimum atomic E-state index is -3.73. The topological polar surface area (TPSA) is 104 Å². The van der Waals surface area contributed by atoms with Gasteiger partial charge in [-0.05, 0) is 43.5 Å². The number of aliphatic carboxylic acids is 1. The van der Waals surface area contributed by atoms with Crippen LogP contribution in [-0.2, 0) is 14.8 Å².